The van der Waals surface area contributed by atoms with Crippen molar-refractivity contribution in [3.8, 4) is 0 Å². The summed E-state index contributed by atoms with van der Waals surface area (Å²) in [4.78, 5) is 0. The summed E-state index contributed by atoms with van der Waals surface area (Å²) in [5.41, 5.74) is 5.69. The van der Waals surface area contributed by atoms with Gasteiger partial charge in [0.05, 0.1) is 11.4 Å². The lowest BCUT2D eigenvalue weighted by Gasteiger charge is -2.09. The second kappa shape index (κ2) is 7.34. The molecule has 0 saturated carbocycles. The number of nitrogens with one attached hydrogen (secondary N) is 1. The summed E-state index contributed by atoms with van der Waals surface area (Å²) < 4.78 is 26.0. The Morgan fingerprint density at radius 2 is 2.06 bits per heavy atom. The molecule has 17 heavy (non-hydrogen) atoms. The molecule has 4 N–H and O–H groups in total. The minimum Gasteiger partial charge on any atom is -0.396 e. The minimum absolute atomic E-state index is 0.0632. The molecule has 0 radical (unpaired) electrons. The van der Waals surface area contributed by atoms with Crippen molar-refractivity contribution in [2.45, 2.75) is 6.42 Å². The molecule has 6 heteroatoms. The first-order chi connectivity index (χ1) is 8.15. The lowest BCUT2D eigenvalue weighted by atomic mass is 10.2. The Morgan fingerprint density at radius 3 is 2.76 bits per heavy atom. The number of hydrogen-bond acceptors (Lipinski definition) is 4. The molecule has 0 fully saturated rings. The van der Waals surface area contributed by atoms with Crippen LogP contribution in [0, 0.1) is 11.6 Å². The third kappa shape index (κ3) is 4.79. The standard InChI is InChI=1S/C11H16F2N2OS/c12-8-6-9(13)11(14)10(7-8)15-2-5-17-4-1-3-16/h6-7,15-16H,1-5,14H2. The fourth-order valence-corrected chi connectivity index (χ4v) is 2.04. The highest BCUT2D eigenvalue weighted by Crippen LogP contribution is 2.23. The van der Waals surface area contributed by atoms with Crippen LogP contribution in [0.4, 0.5) is 20.2 Å². The summed E-state index contributed by atoms with van der Waals surface area (Å²) in [5, 5.41) is 11.5. The van der Waals surface area contributed by atoms with Gasteiger partial charge in [-0.15, -0.1) is 0 Å². The molecule has 0 atom stereocenters. The molecule has 96 valence electrons. The predicted molar refractivity (Wildman–Crippen MR) is 68.3 cm³/mol. The number of rotatable bonds is 7. The summed E-state index contributed by atoms with van der Waals surface area (Å²) >= 11 is 1.66. The van der Waals surface area contributed by atoms with Crippen molar-refractivity contribution in [3.05, 3.63) is 23.8 Å². The average molecular weight is 262 g/mol. The van der Waals surface area contributed by atoms with E-state index in [4.69, 9.17) is 10.8 Å². The molecule has 0 aliphatic carbocycles. The minimum atomic E-state index is -0.750. The Balaban J connectivity index is 2.36. The van der Waals surface area contributed by atoms with Gasteiger partial charge in [0.2, 0.25) is 0 Å². The molecular weight excluding hydrogens is 246 g/mol. The molecule has 0 unspecified atom stereocenters. The van der Waals surface area contributed by atoms with Crippen molar-refractivity contribution in [3.63, 3.8) is 0 Å². The van der Waals surface area contributed by atoms with Crippen LogP contribution < -0.4 is 11.1 Å². The summed E-state index contributed by atoms with van der Waals surface area (Å²) in [6.07, 6.45) is 0.751. The summed E-state index contributed by atoms with van der Waals surface area (Å²) in [6.45, 7) is 0.756. The topological polar surface area (TPSA) is 58.3 Å². The Bertz CT molecular complexity index is 364. The van der Waals surface area contributed by atoms with E-state index in [1.54, 1.807) is 11.8 Å². The van der Waals surface area contributed by atoms with E-state index in [-0.39, 0.29) is 18.0 Å². The summed E-state index contributed by atoms with van der Waals surface area (Å²) in [6, 6.07) is 1.94. The molecule has 0 spiro atoms. The zero-order valence-electron chi connectivity index (χ0n) is 9.38. The smallest absolute Gasteiger partial charge is 0.151 e. The van der Waals surface area contributed by atoms with E-state index in [2.05, 4.69) is 5.32 Å². The molecule has 0 aliphatic heterocycles. The number of hydrogen-bond donors (Lipinski definition) is 3. The molecule has 0 aromatic heterocycles. The third-order valence-electron chi connectivity index (χ3n) is 2.10. The zero-order valence-corrected chi connectivity index (χ0v) is 10.2. The van der Waals surface area contributed by atoms with Crippen LogP contribution >= 0.6 is 11.8 Å². The van der Waals surface area contributed by atoms with Gasteiger partial charge in [-0.05, 0) is 18.2 Å². The van der Waals surface area contributed by atoms with E-state index >= 15 is 0 Å². The van der Waals surface area contributed by atoms with Gasteiger partial charge in [-0.25, -0.2) is 8.78 Å². The van der Waals surface area contributed by atoms with Gasteiger partial charge in [0.15, 0.2) is 5.82 Å². The number of halogens is 2. The van der Waals surface area contributed by atoms with Gasteiger partial charge in [-0.1, -0.05) is 0 Å². The number of nitrogen functional groups attached to an aromatic ring is 1. The number of nitrogens with two attached hydrogens (primary N) is 1. The highest BCUT2D eigenvalue weighted by molar-refractivity contribution is 7.99. The highest BCUT2D eigenvalue weighted by Gasteiger charge is 2.07. The second-order valence-corrected chi connectivity index (χ2v) is 4.69. The Labute approximate surface area is 103 Å². The lowest BCUT2D eigenvalue weighted by molar-refractivity contribution is 0.296. The van der Waals surface area contributed by atoms with E-state index in [0.29, 0.717) is 6.54 Å². The van der Waals surface area contributed by atoms with Gasteiger partial charge in [0, 0.05) is 25.0 Å². The number of thioether (sulfide) groups is 1. The van der Waals surface area contributed by atoms with Gasteiger partial charge < -0.3 is 16.2 Å². The predicted octanol–water partition coefficient (Wildman–Crippen LogP) is 2.07. The van der Waals surface area contributed by atoms with Crippen LogP contribution in [0.5, 0.6) is 0 Å². The van der Waals surface area contributed by atoms with Gasteiger partial charge in [-0.3, -0.25) is 0 Å². The molecule has 0 amide bonds. The molecule has 3 nitrogen and oxygen atoms in total. The number of aliphatic hydroxyl groups is 1. The monoisotopic (exact) mass is 262 g/mol. The molecular formula is C11H16F2N2OS. The Hall–Kier alpha value is -1.01. The maximum atomic E-state index is 13.1. The van der Waals surface area contributed by atoms with E-state index in [1.807, 2.05) is 0 Å². The maximum absolute atomic E-state index is 13.1. The van der Waals surface area contributed by atoms with E-state index in [1.165, 1.54) is 6.07 Å². The van der Waals surface area contributed by atoms with E-state index in [0.717, 1.165) is 24.0 Å². The summed E-state index contributed by atoms with van der Waals surface area (Å²) in [5.74, 6) is 0.260. The first-order valence-electron chi connectivity index (χ1n) is 5.32. The zero-order chi connectivity index (χ0) is 12.7. The van der Waals surface area contributed by atoms with E-state index < -0.39 is 11.6 Å². The first-order valence-corrected chi connectivity index (χ1v) is 6.47. The average Bonchev–Trinajstić information content (AvgIpc) is 2.29. The van der Waals surface area contributed by atoms with Crippen LogP contribution in [0.3, 0.4) is 0 Å². The van der Waals surface area contributed by atoms with Gasteiger partial charge in [0.25, 0.3) is 0 Å². The highest BCUT2D eigenvalue weighted by atomic mass is 32.2. The van der Waals surface area contributed by atoms with Gasteiger partial charge in [0.1, 0.15) is 5.82 Å². The lowest BCUT2D eigenvalue weighted by Crippen LogP contribution is -2.08. The van der Waals surface area contributed by atoms with Crippen LogP contribution in [0.25, 0.3) is 0 Å². The molecule has 0 aliphatic rings. The number of aliphatic hydroxyl groups excluding tert-OH is 1. The van der Waals surface area contributed by atoms with Crippen LogP contribution in [0.2, 0.25) is 0 Å². The largest absolute Gasteiger partial charge is 0.396 e. The van der Waals surface area contributed by atoms with E-state index in [9.17, 15) is 8.78 Å². The van der Waals surface area contributed by atoms with Crippen molar-refractivity contribution < 1.29 is 13.9 Å². The first kappa shape index (κ1) is 14.1. The van der Waals surface area contributed by atoms with Gasteiger partial charge in [-0.2, -0.15) is 11.8 Å². The number of anilines is 2. The maximum Gasteiger partial charge on any atom is 0.151 e. The molecule has 1 aromatic carbocycles. The fourth-order valence-electron chi connectivity index (χ4n) is 1.26. The third-order valence-corrected chi connectivity index (χ3v) is 3.17. The van der Waals surface area contributed by atoms with Crippen molar-refractivity contribution in [2.24, 2.45) is 0 Å². The molecule has 1 aromatic rings. The summed E-state index contributed by atoms with van der Waals surface area (Å²) in [7, 11) is 0. The quantitative estimate of drug-likeness (QED) is 0.520. The van der Waals surface area contributed by atoms with Gasteiger partial charge >= 0.3 is 0 Å². The van der Waals surface area contributed by atoms with Crippen LogP contribution in [-0.4, -0.2) is 29.8 Å². The second-order valence-electron chi connectivity index (χ2n) is 3.47. The van der Waals surface area contributed by atoms with Crippen molar-refractivity contribution in [2.75, 3.05) is 35.7 Å². The van der Waals surface area contributed by atoms with Crippen molar-refractivity contribution in [1.82, 2.24) is 0 Å². The Morgan fingerprint density at radius 1 is 1.29 bits per heavy atom. The SMILES string of the molecule is Nc1c(F)cc(F)cc1NCCSCCCO. The van der Waals surface area contributed by atoms with Crippen LogP contribution in [-0.2, 0) is 0 Å². The normalized spacial score (nSPS) is 10.5. The fraction of sp³-hybridized carbons (Fsp3) is 0.455. The van der Waals surface area contributed by atoms with Crippen molar-refractivity contribution >= 4 is 23.1 Å². The van der Waals surface area contributed by atoms with Crippen molar-refractivity contribution in [1.29, 1.82) is 0 Å². The molecule has 0 saturated heterocycles. The molecule has 0 heterocycles. The molecule has 0 bridgehead atoms. The Kier molecular flexibility index (Phi) is 6.07. The number of benzene rings is 1. The molecule has 1 rings (SSSR count). The van der Waals surface area contributed by atoms with Crippen LogP contribution in [0.1, 0.15) is 6.42 Å². The van der Waals surface area contributed by atoms with Crippen LogP contribution in [0.15, 0.2) is 12.1 Å².